The molecule has 1 aromatic rings. The lowest BCUT2D eigenvalue weighted by molar-refractivity contribution is -0.00563. The van der Waals surface area contributed by atoms with Gasteiger partial charge in [-0.25, -0.2) is 13.1 Å². The first-order chi connectivity index (χ1) is 11.6. The average Bonchev–Trinajstić information content (AvgIpc) is 2.96. The van der Waals surface area contributed by atoms with Gasteiger partial charge in [0.05, 0.1) is 6.61 Å². The molecular weight excluding hydrogens is 348 g/mol. The molecule has 0 aromatic carbocycles. The van der Waals surface area contributed by atoms with Gasteiger partial charge in [-0.15, -0.1) is 11.3 Å². The van der Waals surface area contributed by atoms with Crippen LogP contribution in [0.4, 0.5) is 0 Å². The Morgan fingerprint density at radius 1 is 1.21 bits per heavy atom. The van der Waals surface area contributed by atoms with Crippen molar-refractivity contribution in [2.24, 2.45) is 0 Å². The molecule has 3 rings (SSSR count). The molecule has 1 saturated carbocycles. The van der Waals surface area contributed by atoms with Crippen LogP contribution in [-0.4, -0.2) is 45.1 Å². The molecular formula is C16H24N2O4S2. The van der Waals surface area contributed by atoms with E-state index < -0.39 is 10.0 Å². The Morgan fingerprint density at radius 2 is 1.96 bits per heavy atom. The third kappa shape index (κ3) is 4.17. The maximum atomic E-state index is 12.8. The third-order valence-electron chi connectivity index (χ3n) is 4.54. The molecule has 1 N–H and O–H groups in total. The second-order valence-electron chi connectivity index (χ2n) is 6.38. The summed E-state index contributed by atoms with van der Waals surface area (Å²) in [6.07, 6.45) is 6.94. The Hall–Kier alpha value is -0.960. The van der Waals surface area contributed by atoms with E-state index in [1.54, 1.807) is 10.3 Å². The van der Waals surface area contributed by atoms with E-state index in [-0.39, 0.29) is 28.5 Å². The number of hydrogen-bond acceptors (Lipinski definition) is 5. The molecule has 0 atom stereocenters. The Kier molecular flexibility index (Phi) is 5.91. The second kappa shape index (κ2) is 7.95. The van der Waals surface area contributed by atoms with Crippen molar-refractivity contribution in [1.82, 2.24) is 9.62 Å². The lowest BCUT2D eigenvalue weighted by Gasteiger charge is -2.26. The van der Waals surface area contributed by atoms with Crippen LogP contribution in [0.15, 0.2) is 16.3 Å². The summed E-state index contributed by atoms with van der Waals surface area (Å²) >= 11 is 1.18. The summed E-state index contributed by atoms with van der Waals surface area (Å²) in [5.41, 5.74) is 0. The number of nitrogens with one attached hydrogen (secondary N) is 1. The molecule has 134 valence electrons. The molecule has 0 bridgehead atoms. The summed E-state index contributed by atoms with van der Waals surface area (Å²) in [5, 5.41) is 1.67. The van der Waals surface area contributed by atoms with Crippen LogP contribution < -0.4 is 4.72 Å². The molecule has 1 saturated heterocycles. The zero-order valence-electron chi connectivity index (χ0n) is 13.7. The number of nitrogens with zero attached hydrogens (tertiary/aromatic N) is 1. The zero-order chi connectivity index (χ0) is 17.0. The standard InChI is InChI=1S/C16H24N2O4S2/c19-16(18-9-5-10-22-12-18)15-14(8-11-23-15)24(20,21)17-13-6-3-1-2-4-7-13/h8,11,13,17H,1-7,9-10,12H2. The third-order valence-corrected chi connectivity index (χ3v) is 7.14. The average molecular weight is 373 g/mol. The Balaban J connectivity index is 1.76. The summed E-state index contributed by atoms with van der Waals surface area (Å²) in [6, 6.07) is 1.50. The number of thiophene rings is 1. The van der Waals surface area contributed by atoms with Gasteiger partial charge in [0.15, 0.2) is 0 Å². The minimum Gasteiger partial charge on any atom is -0.361 e. The SMILES string of the molecule is O=C(c1sccc1S(=O)(=O)NC1CCCCCC1)N1CCCOC1. The van der Waals surface area contributed by atoms with E-state index in [1.165, 1.54) is 17.4 Å². The molecule has 1 aliphatic carbocycles. The molecule has 0 spiro atoms. The predicted octanol–water partition coefficient (Wildman–Crippen LogP) is 2.57. The predicted molar refractivity (Wildman–Crippen MR) is 92.6 cm³/mol. The van der Waals surface area contributed by atoms with Crippen LogP contribution in [0.5, 0.6) is 0 Å². The molecule has 2 fully saturated rings. The van der Waals surface area contributed by atoms with Crippen LogP contribution in [0, 0.1) is 0 Å². The summed E-state index contributed by atoms with van der Waals surface area (Å²) in [6.45, 7) is 1.47. The van der Waals surface area contributed by atoms with Gasteiger partial charge in [-0.2, -0.15) is 0 Å². The maximum Gasteiger partial charge on any atom is 0.267 e. The normalized spacial score (nSPS) is 20.8. The van der Waals surface area contributed by atoms with Crippen molar-refractivity contribution >= 4 is 27.3 Å². The highest BCUT2D eigenvalue weighted by atomic mass is 32.2. The summed E-state index contributed by atoms with van der Waals surface area (Å²) in [7, 11) is -3.68. The van der Waals surface area contributed by atoms with Gasteiger partial charge in [-0.1, -0.05) is 25.7 Å². The van der Waals surface area contributed by atoms with Gasteiger partial charge in [0.25, 0.3) is 5.91 Å². The van der Waals surface area contributed by atoms with E-state index in [9.17, 15) is 13.2 Å². The van der Waals surface area contributed by atoms with Gasteiger partial charge in [0, 0.05) is 12.6 Å². The fourth-order valence-electron chi connectivity index (χ4n) is 3.25. The number of carbonyl (C=O) groups is 1. The first kappa shape index (κ1) is 17.8. The van der Waals surface area contributed by atoms with Gasteiger partial charge < -0.3 is 9.64 Å². The molecule has 2 heterocycles. The van der Waals surface area contributed by atoms with Gasteiger partial charge >= 0.3 is 0 Å². The van der Waals surface area contributed by atoms with E-state index in [1.807, 2.05) is 0 Å². The van der Waals surface area contributed by atoms with Crippen molar-refractivity contribution in [3.8, 4) is 0 Å². The monoisotopic (exact) mass is 372 g/mol. The Bertz CT molecular complexity index is 657. The van der Waals surface area contributed by atoms with Crippen LogP contribution in [0.3, 0.4) is 0 Å². The minimum atomic E-state index is -3.68. The largest absolute Gasteiger partial charge is 0.361 e. The molecule has 0 radical (unpaired) electrons. The molecule has 24 heavy (non-hydrogen) atoms. The zero-order valence-corrected chi connectivity index (χ0v) is 15.3. The van der Waals surface area contributed by atoms with Gasteiger partial charge in [-0.3, -0.25) is 4.79 Å². The van der Waals surface area contributed by atoms with Crippen molar-refractivity contribution < 1.29 is 17.9 Å². The number of ether oxygens (including phenoxy) is 1. The maximum absolute atomic E-state index is 12.8. The van der Waals surface area contributed by atoms with Crippen LogP contribution in [0.25, 0.3) is 0 Å². The highest BCUT2D eigenvalue weighted by Gasteiger charge is 2.29. The topological polar surface area (TPSA) is 75.7 Å². The summed E-state index contributed by atoms with van der Waals surface area (Å²) in [5.74, 6) is -0.258. The van der Waals surface area contributed by atoms with Gasteiger partial charge in [0.1, 0.15) is 16.5 Å². The first-order valence-corrected chi connectivity index (χ1v) is 10.9. The number of amides is 1. The van der Waals surface area contributed by atoms with Crippen molar-refractivity contribution in [3.63, 3.8) is 0 Å². The highest BCUT2D eigenvalue weighted by molar-refractivity contribution is 7.89. The number of rotatable bonds is 4. The fourth-order valence-corrected chi connectivity index (χ4v) is 5.94. The lowest BCUT2D eigenvalue weighted by atomic mass is 10.1. The van der Waals surface area contributed by atoms with Crippen molar-refractivity contribution in [2.45, 2.75) is 55.9 Å². The molecule has 2 aliphatic rings. The molecule has 0 unspecified atom stereocenters. The van der Waals surface area contributed by atoms with Gasteiger partial charge in [-0.05, 0) is 30.7 Å². The van der Waals surface area contributed by atoms with E-state index in [0.29, 0.717) is 13.2 Å². The van der Waals surface area contributed by atoms with E-state index in [2.05, 4.69) is 4.72 Å². The minimum absolute atomic E-state index is 0.0290. The van der Waals surface area contributed by atoms with Crippen molar-refractivity contribution in [2.75, 3.05) is 19.9 Å². The summed E-state index contributed by atoms with van der Waals surface area (Å²) in [4.78, 5) is 14.6. The van der Waals surface area contributed by atoms with Crippen LogP contribution in [0.2, 0.25) is 0 Å². The molecule has 1 aromatic heterocycles. The number of hydrogen-bond donors (Lipinski definition) is 1. The van der Waals surface area contributed by atoms with E-state index >= 15 is 0 Å². The molecule has 1 aliphatic heterocycles. The second-order valence-corrected chi connectivity index (χ2v) is 8.98. The molecule has 1 amide bonds. The van der Waals surface area contributed by atoms with Crippen LogP contribution in [-0.2, 0) is 14.8 Å². The van der Waals surface area contributed by atoms with E-state index in [4.69, 9.17) is 4.74 Å². The Labute approximate surface area is 147 Å². The van der Waals surface area contributed by atoms with Gasteiger partial charge in [0.2, 0.25) is 10.0 Å². The van der Waals surface area contributed by atoms with E-state index in [0.717, 1.165) is 44.9 Å². The first-order valence-electron chi connectivity index (χ1n) is 8.55. The molecule has 6 nitrogen and oxygen atoms in total. The number of sulfonamides is 1. The Morgan fingerprint density at radius 3 is 2.62 bits per heavy atom. The lowest BCUT2D eigenvalue weighted by Crippen LogP contribution is -2.39. The smallest absolute Gasteiger partial charge is 0.267 e. The van der Waals surface area contributed by atoms with Crippen molar-refractivity contribution in [1.29, 1.82) is 0 Å². The van der Waals surface area contributed by atoms with Crippen molar-refractivity contribution in [3.05, 3.63) is 16.3 Å². The molecule has 8 heteroatoms. The fraction of sp³-hybridized carbons (Fsp3) is 0.688. The van der Waals surface area contributed by atoms with Crippen LogP contribution in [0.1, 0.15) is 54.6 Å². The summed E-state index contributed by atoms with van der Waals surface area (Å²) < 4.78 is 33.7. The quantitative estimate of drug-likeness (QED) is 0.824. The highest BCUT2D eigenvalue weighted by Crippen LogP contribution is 2.26. The van der Waals surface area contributed by atoms with Crippen LogP contribution >= 0.6 is 11.3 Å². The number of carbonyl (C=O) groups excluding carboxylic acids is 1.